The first-order valence-corrected chi connectivity index (χ1v) is 10.6. The first-order valence-electron chi connectivity index (χ1n) is 9.73. The van der Waals surface area contributed by atoms with E-state index in [2.05, 4.69) is 20.0 Å². The van der Waals surface area contributed by atoms with E-state index in [0.29, 0.717) is 12.0 Å². The first kappa shape index (κ1) is 18.1. The summed E-state index contributed by atoms with van der Waals surface area (Å²) < 4.78 is 7.68. The molecule has 29 heavy (non-hydrogen) atoms. The van der Waals surface area contributed by atoms with Crippen molar-refractivity contribution in [2.24, 2.45) is 0 Å². The monoisotopic (exact) mass is 406 g/mol. The second-order valence-electron chi connectivity index (χ2n) is 7.00. The van der Waals surface area contributed by atoms with Crippen LogP contribution in [-0.4, -0.2) is 45.6 Å². The molecule has 148 valence electrons. The molecule has 0 unspecified atom stereocenters. The molecule has 1 saturated heterocycles. The van der Waals surface area contributed by atoms with E-state index in [0.717, 1.165) is 59.3 Å². The highest BCUT2D eigenvalue weighted by Crippen LogP contribution is 2.37. The van der Waals surface area contributed by atoms with Gasteiger partial charge in [-0.05, 0) is 44.1 Å². The SMILES string of the molecule is COc1ccccc1-c1nc2sccn2c1-c1ccnc(NC2CCNCC2)n1. The average molecular weight is 407 g/mol. The van der Waals surface area contributed by atoms with E-state index in [1.165, 1.54) is 0 Å². The molecule has 3 aromatic heterocycles. The molecule has 5 rings (SSSR count). The maximum Gasteiger partial charge on any atom is 0.223 e. The Kier molecular flexibility index (Phi) is 4.87. The van der Waals surface area contributed by atoms with E-state index in [1.54, 1.807) is 18.4 Å². The Labute approximate surface area is 172 Å². The van der Waals surface area contributed by atoms with Crippen LogP contribution in [0.3, 0.4) is 0 Å². The Morgan fingerprint density at radius 3 is 2.90 bits per heavy atom. The summed E-state index contributed by atoms with van der Waals surface area (Å²) in [6.07, 6.45) is 5.98. The van der Waals surface area contributed by atoms with Gasteiger partial charge in [-0.2, -0.15) is 0 Å². The van der Waals surface area contributed by atoms with Crippen LogP contribution in [0.25, 0.3) is 27.6 Å². The molecule has 0 saturated carbocycles. The number of nitrogens with one attached hydrogen (secondary N) is 2. The molecule has 7 nitrogen and oxygen atoms in total. The number of ether oxygens (including phenoxy) is 1. The molecule has 0 atom stereocenters. The van der Waals surface area contributed by atoms with E-state index in [9.17, 15) is 0 Å². The summed E-state index contributed by atoms with van der Waals surface area (Å²) in [6.45, 7) is 2.04. The van der Waals surface area contributed by atoms with Crippen LogP contribution in [-0.2, 0) is 0 Å². The van der Waals surface area contributed by atoms with Gasteiger partial charge in [-0.15, -0.1) is 11.3 Å². The van der Waals surface area contributed by atoms with Gasteiger partial charge < -0.3 is 15.4 Å². The number of anilines is 1. The smallest absolute Gasteiger partial charge is 0.223 e. The summed E-state index contributed by atoms with van der Waals surface area (Å²) >= 11 is 1.60. The summed E-state index contributed by atoms with van der Waals surface area (Å²) in [7, 11) is 1.68. The van der Waals surface area contributed by atoms with Gasteiger partial charge >= 0.3 is 0 Å². The quantitative estimate of drug-likeness (QED) is 0.526. The molecule has 4 aromatic rings. The van der Waals surface area contributed by atoms with Crippen LogP contribution < -0.4 is 15.4 Å². The largest absolute Gasteiger partial charge is 0.496 e. The molecule has 0 bridgehead atoms. The van der Waals surface area contributed by atoms with Crippen molar-refractivity contribution in [3.8, 4) is 28.4 Å². The van der Waals surface area contributed by atoms with Crippen molar-refractivity contribution in [2.45, 2.75) is 18.9 Å². The van der Waals surface area contributed by atoms with Crippen LogP contribution in [0.1, 0.15) is 12.8 Å². The summed E-state index contributed by atoms with van der Waals surface area (Å²) in [5.41, 5.74) is 3.60. The molecule has 4 heterocycles. The van der Waals surface area contributed by atoms with Gasteiger partial charge in [0.25, 0.3) is 0 Å². The Hall–Kier alpha value is -2.97. The van der Waals surface area contributed by atoms with Gasteiger partial charge in [0.2, 0.25) is 5.95 Å². The highest BCUT2D eigenvalue weighted by molar-refractivity contribution is 7.15. The van der Waals surface area contributed by atoms with Gasteiger partial charge in [0.05, 0.1) is 12.8 Å². The third kappa shape index (κ3) is 3.45. The lowest BCUT2D eigenvalue weighted by molar-refractivity contribution is 0.416. The molecule has 0 aliphatic carbocycles. The number of fused-ring (bicyclic) bond motifs is 1. The first-order chi connectivity index (χ1) is 14.3. The molecule has 1 aliphatic heterocycles. The number of para-hydroxylation sites is 1. The average Bonchev–Trinajstić information content (AvgIpc) is 3.36. The lowest BCUT2D eigenvalue weighted by Crippen LogP contribution is -2.35. The van der Waals surface area contributed by atoms with Crippen molar-refractivity contribution < 1.29 is 4.74 Å². The highest BCUT2D eigenvalue weighted by Gasteiger charge is 2.21. The van der Waals surface area contributed by atoms with E-state index < -0.39 is 0 Å². The molecule has 1 aromatic carbocycles. The van der Waals surface area contributed by atoms with Crippen LogP contribution in [0.4, 0.5) is 5.95 Å². The van der Waals surface area contributed by atoms with E-state index in [1.807, 2.05) is 48.1 Å². The third-order valence-corrected chi connectivity index (χ3v) is 5.95. The van der Waals surface area contributed by atoms with Gasteiger partial charge in [0.15, 0.2) is 4.96 Å². The summed E-state index contributed by atoms with van der Waals surface area (Å²) in [6, 6.07) is 10.3. The van der Waals surface area contributed by atoms with Crippen LogP contribution in [0.2, 0.25) is 0 Å². The Morgan fingerprint density at radius 1 is 1.17 bits per heavy atom. The molecule has 1 fully saturated rings. The number of nitrogens with zero attached hydrogens (tertiary/aromatic N) is 4. The number of piperidine rings is 1. The van der Waals surface area contributed by atoms with Crippen molar-refractivity contribution in [3.63, 3.8) is 0 Å². The number of benzene rings is 1. The summed E-state index contributed by atoms with van der Waals surface area (Å²) in [5.74, 6) is 1.45. The number of hydrogen-bond donors (Lipinski definition) is 2. The summed E-state index contributed by atoms with van der Waals surface area (Å²) in [5, 5.41) is 8.91. The van der Waals surface area contributed by atoms with Crippen LogP contribution in [0.15, 0.2) is 48.1 Å². The fourth-order valence-corrected chi connectivity index (χ4v) is 4.48. The van der Waals surface area contributed by atoms with E-state index >= 15 is 0 Å². The number of imidazole rings is 1. The van der Waals surface area contributed by atoms with Crippen LogP contribution in [0, 0.1) is 0 Å². The van der Waals surface area contributed by atoms with Gasteiger partial charge in [0, 0.05) is 29.4 Å². The summed E-state index contributed by atoms with van der Waals surface area (Å²) in [4.78, 5) is 15.1. The molecule has 0 amide bonds. The van der Waals surface area contributed by atoms with Crippen molar-refractivity contribution >= 4 is 22.2 Å². The van der Waals surface area contributed by atoms with Crippen molar-refractivity contribution in [3.05, 3.63) is 48.1 Å². The minimum absolute atomic E-state index is 0.395. The fourth-order valence-electron chi connectivity index (χ4n) is 3.77. The molecular weight excluding hydrogens is 384 g/mol. The Bertz CT molecular complexity index is 1130. The maximum absolute atomic E-state index is 5.59. The molecule has 0 spiro atoms. The molecular formula is C21H22N6OS. The minimum Gasteiger partial charge on any atom is -0.496 e. The zero-order valence-corrected chi connectivity index (χ0v) is 16.9. The highest BCUT2D eigenvalue weighted by atomic mass is 32.1. The molecule has 2 N–H and O–H groups in total. The normalized spacial score (nSPS) is 14.9. The molecule has 0 radical (unpaired) electrons. The maximum atomic E-state index is 5.59. The second kappa shape index (κ2) is 7.81. The zero-order chi connectivity index (χ0) is 19.6. The predicted molar refractivity (Wildman–Crippen MR) is 116 cm³/mol. The standard InChI is InChI=1S/C21H22N6OS/c1-28-17-5-3-2-4-15(17)18-19(27-12-13-29-21(27)26-18)16-8-11-23-20(25-16)24-14-6-9-22-10-7-14/h2-5,8,11-14,22H,6-7,9-10H2,1H3,(H,23,24,25). The van der Waals surface area contributed by atoms with E-state index in [-0.39, 0.29) is 0 Å². The lowest BCUT2D eigenvalue weighted by atomic mass is 10.1. The predicted octanol–water partition coefficient (Wildman–Crippen LogP) is 3.69. The number of thiazole rings is 1. The van der Waals surface area contributed by atoms with Gasteiger partial charge in [-0.1, -0.05) is 12.1 Å². The van der Waals surface area contributed by atoms with Crippen molar-refractivity contribution in [1.29, 1.82) is 0 Å². The minimum atomic E-state index is 0.395. The van der Waals surface area contributed by atoms with Gasteiger partial charge in [0.1, 0.15) is 17.1 Å². The van der Waals surface area contributed by atoms with Gasteiger partial charge in [-0.25, -0.2) is 15.0 Å². The number of rotatable bonds is 5. The fraction of sp³-hybridized carbons (Fsp3) is 0.286. The number of aromatic nitrogens is 4. The Morgan fingerprint density at radius 2 is 2.03 bits per heavy atom. The van der Waals surface area contributed by atoms with Crippen molar-refractivity contribution in [2.75, 3.05) is 25.5 Å². The van der Waals surface area contributed by atoms with Crippen LogP contribution >= 0.6 is 11.3 Å². The van der Waals surface area contributed by atoms with E-state index in [4.69, 9.17) is 14.7 Å². The van der Waals surface area contributed by atoms with Crippen molar-refractivity contribution in [1.82, 2.24) is 24.7 Å². The Balaban J connectivity index is 1.60. The third-order valence-electron chi connectivity index (χ3n) is 5.19. The van der Waals surface area contributed by atoms with Crippen LogP contribution in [0.5, 0.6) is 5.75 Å². The molecule has 8 heteroatoms. The molecule has 1 aliphatic rings. The second-order valence-corrected chi connectivity index (χ2v) is 7.87. The number of methoxy groups -OCH3 is 1. The zero-order valence-electron chi connectivity index (χ0n) is 16.1. The number of hydrogen-bond acceptors (Lipinski definition) is 7. The topological polar surface area (TPSA) is 76.4 Å². The van der Waals surface area contributed by atoms with Gasteiger partial charge in [-0.3, -0.25) is 4.40 Å². The lowest BCUT2D eigenvalue weighted by Gasteiger charge is -2.23.